The summed E-state index contributed by atoms with van der Waals surface area (Å²) in [6.45, 7) is 0. The molecule has 1 fully saturated rings. The van der Waals surface area contributed by atoms with Crippen molar-refractivity contribution in [3.63, 3.8) is 0 Å². The molecule has 1 N–H and O–H groups in total. The first-order valence-corrected chi connectivity index (χ1v) is 8.39. The minimum Gasteiger partial charge on any atom is -0.323 e. The molecule has 98 valence electrons. The third-order valence-corrected chi connectivity index (χ3v) is 5.75. The number of rotatable bonds is 2. The Morgan fingerprint density at radius 3 is 3.00 bits per heavy atom. The van der Waals surface area contributed by atoms with Gasteiger partial charge in [0.15, 0.2) is 0 Å². The maximum atomic E-state index is 12.2. The summed E-state index contributed by atoms with van der Waals surface area (Å²) in [6.07, 6.45) is 1.75. The summed E-state index contributed by atoms with van der Waals surface area (Å²) in [5, 5.41) is 4.12. The van der Waals surface area contributed by atoms with E-state index in [9.17, 15) is 4.79 Å². The van der Waals surface area contributed by atoms with E-state index in [1.165, 1.54) is 0 Å². The van der Waals surface area contributed by atoms with Crippen LogP contribution < -0.4 is 5.32 Å². The Bertz CT molecular complexity index is 592. The number of pyridine rings is 1. The van der Waals surface area contributed by atoms with Gasteiger partial charge in [-0.15, -0.1) is 11.8 Å². The third-order valence-electron chi connectivity index (χ3n) is 3.00. The van der Waals surface area contributed by atoms with Gasteiger partial charge in [-0.3, -0.25) is 9.78 Å². The summed E-state index contributed by atoms with van der Waals surface area (Å²) in [5.41, 5.74) is 1.66. The van der Waals surface area contributed by atoms with E-state index < -0.39 is 0 Å². The van der Waals surface area contributed by atoms with Gasteiger partial charge in [0.2, 0.25) is 5.91 Å². The predicted octanol–water partition coefficient (Wildman–Crippen LogP) is 3.02. The van der Waals surface area contributed by atoms with Gasteiger partial charge in [0, 0.05) is 28.8 Å². The highest BCUT2D eigenvalue weighted by Crippen LogP contribution is 2.26. The highest BCUT2D eigenvalue weighted by atomic mass is 32.2. The Morgan fingerprint density at radius 1 is 1.26 bits per heavy atom. The second-order valence-electron chi connectivity index (χ2n) is 4.30. The summed E-state index contributed by atoms with van der Waals surface area (Å²) in [5.74, 6) is 3.19. The van der Waals surface area contributed by atoms with Crippen LogP contribution in [0.2, 0.25) is 0 Å². The van der Waals surface area contributed by atoms with Crippen molar-refractivity contribution in [3.8, 4) is 0 Å². The molecule has 3 rings (SSSR count). The lowest BCUT2D eigenvalue weighted by Crippen LogP contribution is -2.30. The summed E-state index contributed by atoms with van der Waals surface area (Å²) < 4.78 is 0. The number of hydrogen-bond donors (Lipinski definition) is 1. The van der Waals surface area contributed by atoms with Crippen LogP contribution in [0.3, 0.4) is 0 Å². The average molecular weight is 290 g/mol. The fourth-order valence-electron chi connectivity index (χ4n) is 2.06. The first kappa shape index (κ1) is 12.8. The number of carbonyl (C=O) groups is 1. The topological polar surface area (TPSA) is 42.0 Å². The molecule has 1 aromatic carbocycles. The zero-order valence-electron chi connectivity index (χ0n) is 10.3. The molecule has 0 bridgehead atoms. The van der Waals surface area contributed by atoms with E-state index in [0.29, 0.717) is 0 Å². The fourth-order valence-corrected chi connectivity index (χ4v) is 4.61. The number of benzene rings is 1. The van der Waals surface area contributed by atoms with Crippen LogP contribution in [-0.4, -0.2) is 33.4 Å². The lowest BCUT2D eigenvalue weighted by molar-refractivity contribution is -0.115. The molecular weight excluding hydrogens is 276 g/mol. The first-order valence-electron chi connectivity index (χ1n) is 6.18. The lowest BCUT2D eigenvalue weighted by Gasteiger charge is -2.20. The van der Waals surface area contributed by atoms with Crippen molar-refractivity contribution < 1.29 is 4.79 Å². The molecule has 0 aliphatic carbocycles. The summed E-state index contributed by atoms with van der Waals surface area (Å²) in [7, 11) is 0. The molecule has 19 heavy (non-hydrogen) atoms. The van der Waals surface area contributed by atoms with Crippen LogP contribution in [0, 0.1) is 0 Å². The van der Waals surface area contributed by atoms with E-state index in [4.69, 9.17) is 0 Å². The predicted molar refractivity (Wildman–Crippen MR) is 83.9 cm³/mol. The van der Waals surface area contributed by atoms with Gasteiger partial charge in [0.05, 0.1) is 16.5 Å². The second kappa shape index (κ2) is 5.84. The van der Waals surface area contributed by atoms with E-state index in [1.807, 2.05) is 42.1 Å². The molecule has 1 aliphatic rings. The monoisotopic (exact) mass is 290 g/mol. The number of para-hydroxylation sites is 1. The zero-order valence-corrected chi connectivity index (χ0v) is 12.0. The molecule has 1 amide bonds. The molecule has 1 atom stereocenters. The van der Waals surface area contributed by atoms with Crippen LogP contribution in [0.4, 0.5) is 5.69 Å². The summed E-state index contributed by atoms with van der Waals surface area (Å²) in [6, 6.07) is 9.77. The van der Waals surface area contributed by atoms with Crippen molar-refractivity contribution in [2.45, 2.75) is 5.25 Å². The van der Waals surface area contributed by atoms with Crippen LogP contribution in [0.25, 0.3) is 10.9 Å². The van der Waals surface area contributed by atoms with Crippen molar-refractivity contribution in [2.24, 2.45) is 0 Å². The Hall–Kier alpha value is -1.20. The normalized spacial score (nSPS) is 19.3. The van der Waals surface area contributed by atoms with Crippen LogP contribution in [0.5, 0.6) is 0 Å². The molecule has 0 radical (unpaired) electrons. The molecule has 1 unspecified atom stereocenters. The number of carbonyl (C=O) groups excluding carboxylic acids is 1. The molecule has 2 aromatic rings. The largest absolute Gasteiger partial charge is 0.323 e. The van der Waals surface area contributed by atoms with Crippen molar-refractivity contribution >= 4 is 46.0 Å². The molecule has 1 aromatic heterocycles. The molecule has 0 saturated carbocycles. The molecule has 5 heteroatoms. The molecular formula is C14H14N2OS2. The van der Waals surface area contributed by atoms with Crippen LogP contribution >= 0.6 is 23.5 Å². The quantitative estimate of drug-likeness (QED) is 0.923. The zero-order chi connectivity index (χ0) is 13.1. The van der Waals surface area contributed by atoms with E-state index >= 15 is 0 Å². The van der Waals surface area contributed by atoms with Crippen molar-refractivity contribution in [1.29, 1.82) is 0 Å². The highest BCUT2D eigenvalue weighted by molar-refractivity contribution is 8.07. The van der Waals surface area contributed by atoms with Crippen molar-refractivity contribution in [3.05, 3.63) is 36.5 Å². The number of thioether (sulfide) groups is 2. The fraction of sp³-hybridized carbons (Fsp3) is 0.286. The van der Waals surface area contributed by atoms with Crippen LogP contribution in [-0.2, 0) is 4.79 Å². The molecule has 0 spiro atoms. The van der Waals surface area contributed by atoms with Gasteiger partial charge in [-0.05, 0) is 12.1 Å². The average Bonchev–Trinajstić information content (AvgIpc) is 2.48. The number of amides is 1. The number of hydrogen-bond acceptors (Lipinski definition) is 4. The SMILES string of the molecule is O=C(Nc1cccc2cccnc12)C1CSCCS1. The van der Waals surface area contributed by atoms with Gasteiger partial charge in [-0.2, -0.15) is 11.8 Å². The van der Waals surface area contributed by atoms with Crippen molar-refractivity contribution in [1.82, 2.24) is 4.98 Å². The smallest absolute Gasteiger partial charge is 0.238 e. The Kier molecular flexibility index (Phi) is 3.94. The van der Waals surface area contributed by atoms with Crippen LogP contribution in [0.1, 0.15) is 0 Å². The Morgan fingerprint density at radius 2 is 2.16 bits per heavy atom. The van der Waals surface area contributed by atoms with Gasteiger partial charge < -0.3 is 5.32 Å². The van der Waals surface area contributed by atoms with Gasteiger partial charge >= 0.3 is 0 Å². The van der Waals surface area contributed by atoms with Gasteiger partial charge in [-0.25, -0.2) is 0 Å². The van der Waals surface area contributed by atoms with E-state index in [2.05, 4.69) is 10.3 Å². The lowest BCUT2D eigenvalue weighted by atomic mass is 10.2. The minimum absolute atomic E-state index is 0.0534. The van der Waals surface area contributed by atoms with Crippen LogP contribution in [0.15, 0.2) is 36.5 Å². The standard InChI is InChI=1S/C14H14N2OS2/c17-14(12-9-18-7-8-19-12)16-11-5-1-3-10-4-2-6-15-13(10)11/h1-6,12H,7-9H2,(H,16,17). The maximum Gasteiger partial charge on any atom is 0.238 e. The third kappa shape index (κ3) is 2.87. The number of fused-ring (bicyclic) bond motifs is 1. The maximum absolute atomic E-state index is 12.2. The summed E-state index contributed by atoms with van der Waals surface area (Å²) in [4.78, 5) is 16.6. The van der Waals surface area contributed by atoms with Crippen molar-refractivity contribution in [2.75, 3.05) is 22.6 Å². The highest BCUT2D eigenvalue weighted by Gasteiger charge is 2.22. The van der Waals surface area contributed by atoms with E-state index in [1.54, 1.807) is 18.0 Å². The van der Waals surface area contributed by atoms with E-state index in [0.717, 1.165) is 33.8 Å². The molecule has 2 heterocycles. The molecule has 1 aliphatic heterocycles. The Labute approximate surface area is 120 Å². The second-order valence-corrected chi connectivity index (χ2v) is 6.76. The number of anilines is 1. The Balaban J connectivity index is 1.82. The number of nitrogens with one attached hydrogen (secondary N) is 1. The number of aromatic nitrogens is 1. The first-order chi connectivity index (χ1) is 9.34. The van der Waals surface area contributed by atoms with E-state index in [-0.39, 0.29) is 11.2 Å². The summed E-state index contributed by atoms with van der Waals surface area (Å²) >= 11 is 3.59. The molecule has 1 saturated heterocycles. The molecule has 3 nitrogen and oxygen atoms in total. The minimum atomic E-state index is 0.0534. The van der Waals surface area contributed by atoms with Gasteiger partial charge in [0.25, 0.3) is 0 Å². The van der Waals surface area contributed by atoms with Gasteiger partial charge in [0.1, 0.15) is 0 Å². The van der Waals surface area contributed by atoms with Gasteiger partial charge in [-0.1, -0.05) is 18.2 Å². The number of nitrogens with zero attached hydrogens (tertiary/aromatic N) is 1.